The van der Waals surface area contributed by atoms with E-state index in [-0.39, 0.29) is 18.6 Å². The number of halogens is 1. The molecule has 1 aliphatic rings. The molecule has 7 nitrogen and oxygen atoms in total. The molecule has 1 amide bonds. The van der Waals surface area contributed by atoms with E-state index in [0.717, 1.165) is 59.9 Å². The maximum Gasteiger partial charge on any atom is 0.250 e. The highest BCUT2D eigenvalue weighted by Crippen LogP contribution is 2.30. The number of nitrogens with two attached hydrogens (primary N) is 1. The summed E-state index contributed by atoms with van der Waals surface area (Å²) in [6.07, 6.45) is 0. The van der Waals surface area contributed by atoms with Gasteiger partial charge in [-0.1, -0.05) is 54.1 Å². The summed E-state index contributed by atoms with van der Waals surface area (Å²) in [5.41, 5.74) is 12.9. The molecule has 5 rings (SSSR count). The number of benzene rings is 3. The van der Waals surface area contributed by atoms with Crippen molar-refractivity contribution in [3.8, 4) is 0 Å². The molecule has 1 atom stereocenters. The molecule has 1 fully saturated rings. The first-order chi connectivity index (χ1) is 19.4. The molecule has 2 heterocycles. The predicted octanol–water partition coefficient (Wildman–Crippen LogP) is 5.45. The van der Waals surface area contributed by atoms with Crippen molar-refractivity contribution in [2.45, 2.75) is 19.9 Å². The highest BCUT2D eigenvalue weighted by molar-refractivity contribution is 6.30. The highest BCUT2D eigenvalue weighted by atomic mass is 35.5. The molecule has 0 radical (unpaired) electrons. The number of hydrogen-bond donors (Lipinski definition) is 2. The minimum atomic E-state index is -0.187. The Morgan fingerprint density at radius 2 is 1.70 bits per heavy atom. The summed E-state index contributed by atoms with van der Waals surface area (Å²) in [6.45, 7) is 8.97. The number of ether oxygens (including phenoxy) is 1. The Labute approximate surface area is 240 Å². The monoisotopic (exact) mass is 557 g/mol. The van der Waals surface area contributed by atoms with E-state index in [4.69, 9.17) is 22.1 Å². The smallest absolute Gasteiger partial charge is 0.250 e. The minimum Gasteiger partial charge on any atom is -0.398 e. The van der Waals surface area contributed by atoms with E-state index >= 15 is 0 Å². The Balaban J connectivity index is 1.09. The van der Waals surface area contributed by atoms with Crippen LogP contribution in [-0.4, -0.2) is 66.6 Å². The third kappa shape index (κ3) is 6.62. The van der Waals surface area contributed by atoms with Crippen LogP contribution in [0.5, 0.6) is 0 Å². The van der Waals surface area contributed by atoms with Crippen molar-refractivity contribution in [1.82, 2.24) is 14.8 Å². The van der Waals surface area contributed by atoms with Gasteiger partial charge in [0.1, 0.15) is 6.61 Å². The average Bonchev–Trinajstić information content (AvgIpc) is 2.97. The quantitative estimate of drug-likeness (QED) is 0.266. The Bertz CT molecular complexity index is 1450. The first-order valence-electron chi connectivity index (χ1n) is 13.7. The first kappa shape index (κ1) is 28.1. The van der Waals surface area contributed by atoms with Crippen LogP contribution in [0, 0.1) is 13.8 Å². The highest BCUT2D eigenvalue weighted by Gasteiger charge is 2.26. The maximum absolute atomic E-state index is 12.5. The number of rotatable bonds is 9. The second kappa shape index (κ2) is 12.8. The van der Waals surface area contributed by atoms with Gasteiger partial charge in [-0.15, -0.1) is 0 Å². The number of carbonyl (C=O) groups is 1. The number of carbonyl (C=O) groups excluding carboxylic acids is 1. The molecule has 0 spiro atoms. The molecule has 0 bridgehead atoms. The van der Waals surface area contributed by atoms with E-state index in [9.17, 15) is 4.79 Å². The first-order valence-corrected chi connectivity index (χ1v) is 14.1. The lowest BCUT2D eigenvalue weighted by Crippen LogP contribution is -2.48. The topological polar surface area (TPSA) is 83.7 Å². The maximum atomic E-state index is 12.5. The molecule has 0 saturated carbocycles. The van der Waals surface area contributed by atoms with Crippen LogP contribution in [-0.2, 0) is 9.53 Å². The SMILES string of the molecule is Cc1nc2ccc(NC(=O)COCCN3CCN(C(c4ccccc4)c4ccc(Cl)cc4)CC3)cc2c(N)c1C. The van der Waals surface area contributed by atoms with Crippen molar-refractivity contribution in [2.75, 3.05) is 57.0 Å². The second-order valence-electron chi connectivity index (χ2n) is 10.3. The third-order valence-electron chi connectivity index (χ3n) is 7.66. The van der Waals surface area contributed by atoms with Crippen LogP contribution < -0.4 is 11.1 Å². The molecule has 0 aliphatic carbocycles. The largest absolute Gasteiger partial charge is 0.398 e. The molecule has 1 aliphatic heterocycles. The molecular weight excluding hydrogens is 522 g/mol. The van der Waals surface area contributed by atoms with Gasteiger partial charge >= 0.3 is 0 Å². The van der Waals surface area contributed by atoms with E-state index in [2.05, 4.69) is 62.6 Å². The third-order valence-corrected chi connectivity index (χ3v) is 7.92. The molecule has 40 heavy (non-hydrogen) atoms. The van der Waals surface area contributed by atoms with Gasteiger partial charge in [0.05, 0.1) is 18.2 Å². The van der Waals surface area contributed by atoms with Gasteiger partial charge < -0.3 is 15.8 Å². The summed E-state index contributed by atoms with van der Waals surface area (Å²) in [6, 6.07) is 24.6. The van der Waals surface area contributed by atoms with Gasteiger partial charge in [0.25, 0.3) is 0 Å². The number of aromatic nitrogens is 1. The fraction of sp³-hybridized carbons (Fsp3) is 0.312. The fourth-order valence-electron chi connectivity index (χ4n) is 5.28. The fourth-order valence-corrected chi connectivity index (χ4v) is 5.41. The number of nitrogen functional groups attached to an aromatic ring is 1. The van der Waals surface area contributed by atoms with Crippen LogP contribution in [0.15, 0.2) is 72.8 Å². The molecule has 4 aromatic rings. The number of anilines is 2. The Hall–Kier alpha value is -3.49. The molecule has 3 N–H and O–H groups in total. The second-order valence-corrected chi connectivity index (χ2v) is 10.7. The summed E-state index contributed by atoms with van der Waals surface area (Å²) in [5, 5.41) is 4.50. The van der Waals surface area contributed by atoms with E-state index < -0.39 is 0 Å². The van der Waals surface area contributed by atoms with Crippen molar-refractivity contribution in [2.24, 2.45) is 0 Å². The standard InChI is InChI=1S/C32H36ClN5O2/c1-22-23(2)35-29-13-12-27(20-28(29)31(22)34)36-30(39)21-40-19-18-37-14-16-38(17-15-37)32(24-6-4-3-5-7-24)25-8-10-26(33)11-9-25/h3-13,20,32H,14-19,21H2,1-2H3,(H2,34,35)(H,36,39). The van der Waals surface area contributed by atoms with E-state index in [0.29, 0.717) is 18.0 Å². The van der Waals surface area contributed by atoms with Crippen LogP contribution in [0.2, 0.25) is 5.02 Å². The Morgan fingerprint density at radius 3 is 2.42 bits per heavy atom. The van der Waals surface area contributed by atoms with Gasteiger partial charge in [0.2, 0.25) is 5.91 Å². The van der Waals surface area contributed by atoms with Crippen molar-refractivity contribution in [3.05, 3.63) is 100 Å². The molecule has 8 heteroatoms. The van der Waals surface area contributed by atoms with E-state index in [1.54, 1.807) is 0 Å². The van der Waals surface area contributed by atoms with Gasteiger partial charge in [-0.25, -0.2) is 0 Å². The summed E-state index contributed by atoms with van der Waals surface area (Å²) in [4.78, 5) is 22.0. The molecular formula is C32H36ClN5O2. The van der Waals surface area contributed by atoms with E-state index in [1.807, 2.05) is 44.2 Å². The summed E-state index contributed by atoms with van der Waals surface area (Å²) in [7, 11) is 0. The van der Waals surface area contributed by atoms with Crippen LogP contribution in [0.25, 0.3) is 10.9 Å². The summed E-state index contributed by atoms with van der Waals surface area (Å²) in [5.74, 6) is -0.187. The van der Waals surface area contributed by atoms with Gasteiger partial charge in [-0.3, -0.25) is 19.6 Å². The zero-order valence-electron chi connectivity index (χ0n) is 23.1. The number of aryl methyl sites for hydroxylation is 1. The van der Waals surface area contributed by atoms with Gasteiger partial charge in [0, 0.05) is 60.2 Å². The van der Waals surface area contributed by atoms with Crippen LogP contribution >= 0.6 is 11.6 Å². The van der Waals surface area contributed by atoms with Crippen molar-refractivity contribution < 1.29 is 9.53 Å². The number of fused-ring (bicyclic) bond motifs is 1. The van der Waals surface area contributed by atoms with E-state index in [1.165, 1.54) is 11.1 Å². The molecule has 1 unspecified atom stereocenters. The van der Waals surface area contributed by atoms with Crippen LogP contribution in [0.1, 0.15) is 28.4 Å². The zero-order chi connectivity index (χ0) is 28.1. The Morgan fingerprint density at radius 1 is 1.00 bits per heavy atom. The number of nitrogens with one attached hydrogen (secondary N) is 1. The Kier molecular flexibility index (Phi) is 8.97. The summed E-state index contributed by atoms with van der Waals surface area (Å²) < 4.78 is 5.72. The normalized spacial score (nSPS) is 15.3. The number of pyridine rings is 1. The molecule has 1 aromatic heterocycles. The molecule has 3 aromatic carbocycles. The molecule has 208 valence electrons. The number of amides is 1. The van der Waals surface area contributed by atoms with Crippen LogP contribution in [0.4, 0.5) is 11.4 Å². The minimum absolute atomic E-state index is 0.00527. The number of nitrogens with zero attached hydrogens (tertiary/aromatic N) is 3. The lowest BCUT2D eigenvalue weighted by molar-refractivity contribution is -0.120. The molecule has 1 saturated heterocycles. The van der Waals surface area contributed by atoms with Gasteiger partial charge in [0.15, 0.2) is 0 Å². The lowest BCUT2D eigenvalue weighted by Gasteiger charge is -2.39. The number of hydrogen-bond acceptors (Lipinski definition) is 6. The number of piperazine rings is 1. The van der Waals surface area contributed by atoms with Crippen molar-refractivity contribution in [1.29, 1.82) is 0 Å². The van der Waals surface area contributed by atoms with Gasteiger partial charge in [-0.05, 0) is 60.9 Å². The summed E-state index contributed by atoms with van der Waals surface area (Å²) >= 11 is 6.16. The van der Waals surface area contributed by atoms with Crippen LogP contribution in [0.3, 0.4) is 0 Å². The average molecular weight is 558 g/mol. The van der Waals surface area contributed by atoms with Crippen molar-refractivity contribution in [3.63, 3.8) is 0 Å². The zero-order valence-corrected chi connectivity index (χ0v) is 23.8. The van der Waals surface area contributed by atoms with Gasteiger partial charge in [-0.2, -0.15) is 0 Å². The van der Waals surface area contributed by atoms with Crippen molar-refractivity contribution >= 4 is 39.8 Å². The predicted molar refractivity (Wildman–Crippen MR) is 163 cm³/mol. The lowest BCUT2D eigenvalue weighted by atomic mass is 9.96.